The first-order chi connectivity index (χ1) is 11.7. The van der Waals surface area contributed by atoms with Gasteiger partial charge < -0.3 is 10.1 Å². The highest BCUT2D eigenvalue weighted by atomic mass is 32.2. The number of carbonyl (C=O) groups is 1. The lowest BCUT2D eigenvalue weighted by Crippen LogP contribution is -2.37. The van der Waals surface area contributed by atoms with Gasteiger partial charge in [0.05, 0.1) is 10.9 Å². The minimum Gasteiger partial charge on any atom is -0.481 e. The fourth-order valence-electron chi connectivity index (χ4n) is 2.36. The summed E-state index contributed by atoms with van der Waals surface area (Å²) in [6.07, 6.45) is 0.525. The molecule has 1 amide bonds. The van der Waals surface area contributed by atoms with E-state index in [1.807, 2.05) is 38.1 Å². The summed E-state index contributed by atoms with van der Waals surface area (Å²) >= 11 is 0. The van der Waals surface area contributed by atoms with E-state index in [0.717, 1.165) is 17.4 Å². The molecule has 0 aliphatic rings. The van der Waals surface area contributed by atoms with Crippen molar-refractivity contribution in [2.24, 2.45) is 0 Å². The molecule has 2 rings (SSSR count). The van der Waals surface area contributed by atoms with Crippen LogP contribution in [0.3, 0.4) is 0 Å². The molecule has 2 aromatic rings. The minimum atomic E-state index is -3.23. The summed E-state index contributed by atoms with van der Waals surface area (Å²) in [5, 5.41) is 2.88. The van der Waals surface area contributed by atoms with Crippen molar-refractivity contribution in [3.05, 3.63) is 59.7 Å². The molecule has 0 heterocycles. The summed E-state index contributed by atoms with van der Waals surface area (Å²) < 4.78 is 28.7. The SMILES string of the molecule is Cc1cccc(O[C@@H](C)C(=O)N[C@@H](C)c2ccc(S(C)(=O)=O)cc2)c1. The van der Waals surface area contributed by atoms with Gasteiger partial charge in [-0.15, -0.1) is 0 Å². The summed E-state index contributed by atoms with van der Waals surface area (Å²) in [6, 6.07) is 13.7. The Morgan fingerprint density at radius 2 is 1.72 bits per heavy atom. The fraction of sp³-hybridized carbons (Fsp3) is 0.316. The number of benzene rings is 2. The van der Waals surface area contributed by atoms with Gasteiger partial charge in [0, 0.05) is 6.26 Å². The van der Waals surface area contributed by atoms with Crippen LogP contribution in [0.5, 0.6) is 5.75 Å². The van der Waals surface area contributed by atoms with Gasteiger partial charge in [-0.25, -0.2) is 8.42 Å². The largest absolute Gasteiger partial charge is 0.481 e. The van der Waals surface area contributed by atoms with Gasteiger partial charge in [-0.05, 0) is 56.2 Å². The monoisotopic (exact) mass is 361 g/mol. The lowest BCUT2D eigenvalue weighted by Gasteiger charge is -2.19. The zero-order chi connectivity index (χ0) is 18.6. The van der Waals surface area contributed by atoms with E-state index < -0.39 is 15.9 Å². The Morgan fingerprint density at radius 1 is 1.08 bits per heavy atom. The van der Waals surface area contributed by atoms with E-state index in [9.17, 15) is 13.2 Å². The molecule has 0 bridgehead atoms. The van der Waals surface area contributed by atoms with Crippen LogP contribution >= 0.6 is 0 Å². The second kappa shape index (κ2) is 7.70. The molecular weight excluding hydrogens is 338 g/mol. The van der Waals surface area contributed by atoms with Gasteiger partial charge in [0.15, 0.2) is 15.9 Å². The molecule has 5 nitrogen and oxygen atoms in total. The number of nitrogens with one attached hydrogen (secondary N) is 1. The Kier molecular flexibility index (Phi) is 5.85. The molecular formula is C19H23NO4S. The fourth-order valence-corrected chi connectivity index (χ4v) is 2.99. The van der Waals surface area contributed by atoms with Gasteiger partial charge in [0.1, 0.15) is 5.75 Å². The Bertz CT molecular complexity index is 844. The van der Waals surface area contributed by atoms with Crippen LogP contribution in [0.4, 0.5) is 0 Å². The van der Waals surface area contributed by atoms with Crippen LogP contribution in [0.2, 0.25) is 0 Å². The number of carbonyl (C=O) groups excluding carboxylic acids is 1. The van der Waals surface area contributed by atoms with Gasteiger partial charge in [-0.2, -0.15) is 0 Å². The molecule has 134 valence electrons. The normalized spacial score (nSPS) is 13.8. The van der Waals surface area contributed by atoms with E-state index in [1.165, 1.54) is 0 Å². The van der Waals surface area contributed by atoms with Gasteiger partial charge in [-0.1, -0.05) is 24.3 Å². The summed E-state index contributed by atoms with van der Waals surface area (Å²) in [4.78, 5) is 12.6. The number of rotatable bonds is 6. The van der Waals surface area contributed by atoms with Crippen LogP contribution < -0.4 is 10.1 Å². The quantitative estimate of drug-likeness (QED) is 0.858. The lowest BCUT2D eigenvalue weighted by atomic mass is 10.1. The van der Waals surface area contributed by atoms with E-state index in [2.05, 4.69) is 5.32 Å². The number of sulfone groups is 1. The van der Waals surface area contributed by atoms with E-state index in [-0.39, 0.29) is 16.8 Å². The smallest absolute Gasteiger partial charge is 0.261 e. The highest BCUT2D eigenvalue weighted by molar-refractivity contribution is 7.90. The van der Waals surface area contributed by atoms with Crippen LogP contribution in [0.25, 0.3) is 0 Å². The van der Waals surface area contributed by atoms with Crippen LogP contribution in [0.15, 0.2) is 53.4 Å². The predicted molar refractivity (Wildman–Crippen MR) is 97.4 cm³/mol. The summed E-state index contributed by atoms with van der Waals surface area (Å²) in [6.45, 7) is 5.49. The molecule has 6 heteroatoms. The third-order valence-corrected chi connectivity index (χ3v) is 4.97. The molecule has 0 aliphatic carbocycles. The maximum Gasteiger partial charge on any atom is 0.261 e. The molecule has 0 aliphatic heterocycles. The average Bonchev–Trinajstić information content (AvgIpc) is 2.54. The molecule has 0 aromatic heterocycles. The first-order valence-corrected chi connectivity index (χ1v) is 9.89. The van der Waals surface area contributed by atoms with Gasteiger partial charge in [-0.3, -0.25) is 4.79 Å². The molecule has 0 spiro atoms. The van der Waals surface area contributed by atoms with E-state index in [4.69, 9.17) is 4.74 Å². The maximum atomic E-state index is 12.3. The minimum absolute atomic E-state index is 0.235. The first kappa shape index (κ1) is 19.0. The maximum absolute atomic E-state index is 12.3. The van der Waals surface area contributed by atoms with Crippen molar-refractivity contribution in [1.82, 2.24) is 5.32 Å². The second-order valence-corrected chi connectivity index (χ2v) is 8.16. The lowest BCUT2D eigenvalue weighted by molar-refractivity contribution is -0.127. The molecule has 0 unspecified atom stereocenters. The molecule has 0 saturated carbocycles. The zero-order valence-corrected chi connectivity index (χ0v) is 15.6. The molecule has 2 aromatic carbocycles. The van der Waals surface area contributed by atoms with E-state index in [1.54, 1.807) is 31.2 Å². The van der Waals surface area contributed by atoms with Crippen molar-refractivity contribution < 1.29 is 17.9 Å². The third-order valence-electron chi connectivity index (χ3n) is 3.84. The topological polar surface area (TPSA) is 72.5 Å². The standard InChI is InChI=1S/C19H23NO4S/c1-13-6-5-7-17(12-13)24-15(3)19(21)20-14(2)16-8-10-18(11-9-16)25(4,22)23/h5-12,14-15H,1-4H3,(H,20,21)/t14-,15-/m0/s1. The van der Waals surface area contributed by atoms with Crippen molar-refractivity contribution in [1.29, 1.82) is 0 Å². The third kappa shape index (κ3) is 5.32. The Labute approximate surface area is 148 Å². The van der Waals surface area contributed by atoms with Crippen LogP contribution in [-0.2, 0) is 14.6 Å². The number of amides is 1. The molecule has 0 fully saturated rings. The second-order valence-electron chi connectivity index (χ2n) is 6.15. The summed E-state index contributed by atoms with van der Waals surface area (Å²) in [5.74, 6) is 0.411. The molecule has 25 heavy (non-hydrogen) atoms. The Hall–Kier alpha value is -2.34. The van der Waals surface area contributed by atoms with Gasteiger partial charge in [0.2, 0.25) is 0 Å². The van der Waals surface area contributed by atoms with Gasteiger partial charge >= 0.3 is 0 Å². The van der Waals surface area contributed by atoms with E-state index >= 15 is 0 Å². The average molecular weight is 361 g/mol. The van der Waals surface area contributed by atoms with Crippen molar-refractivity contribution >= 4 is 15.7 Å². The number of hydrogen-bond donors (Lipinski definition) is 1. The van der Waals surface area contributed by atoms with Crippen LogP contribution in [-0.4, -0.2) is 26.7 Å². The van der Waals surface area contributed by atoms with Crippen molar-refractivity contribution in [2.75, 3.05) is 6.26 Å². The predicted octanol–water partition coefficient (Wildman–Crippen LogP) is 3.04. The highest BCUT2D eigenvalue weighted by Gasteiger charge is 2.18. The van der Waals surface area contributed by atoms with Crippen molar-refractivity contribution in [3.63, 3.8) is 0 Å². The van der Waals surface area contributed by atoms with Crippen LogP contribution in [0.1, 0.15) is 31.0 Å². The summed E-state index contributed by atoms with van der Waals surface area (Å²) in [5.41, 5.74) is 1.88. The van der Waals surface area contributed by atoms with E-state index in [0.29, 0.717) is 5.75 Å². The first-order valence-electron chi connectivity index (χ1n) is 8.00. The number of aryl methyl sites for hydroxylation is 1. The Balaban J connectivity index is 1.99. The van der Waals surface area contributed by atoms with Gasteiger partial charge in [0.25, 0.3) is 5.91 Å². The van der Waals surface area contributed by atoms with Crippen LogP contribution in [0, 0.1) is 6.92 Å². The molecule has 0 radical (unpaired) electrons. The number of ether oxygens (including phenoxy) is 1. The molecule has 1 N–H and O–H groups in total. The highest BCUT2D eigenvalue weighted by Crippen LogP contribution is 2.18. The van der Waals surface area contributed by atoms with Crippen molar-refractivity contribution in [3.8, 4) is 5.75 Å². The van der Waals surface area contributed by atoms with Crippen molar-refractivity contribution in [2.45, 2.75) is 37.8 Å². The number of hydrogen-bond acceptors (Lipinski definition) is 4. The molecule has 2 atom stereocenters. The molecule has 0 saturated heterocycles. The Morgan fingerprint density at radius 3 is 2.28 bits per heavy atom. The summed E-state index contributed by atoms with van der Waals surface area (Å²) in [7, 11) is -3.23. The zero-order valence-electron chi connectivity index (χ0n) is 14.8.